The summed E-state index contributed by atoms with van der Waals surface area (Å²) in [5, 5.41) is 3.16. The van der Waals surface area contributed by atoms with Gasteiger partial charge in [0, 0.05) is 12.2 Å². The molecule has 3 nitrogen and oxygen atoms in total. The largest absolute Gasteiger partial charge is 0.399 e. The summed E-state index contributed by atoms with van der Waals surface area (Å²) in [6, 6.07) is 7.54. The summed E-state index contributed by atoms with van der Waals surface area (Å²) in [5.74, 6) is 0.812. The van der Waals surface area contributed by atoms with Gasteiger partial charge in [-0.05, 0) is 48.3 Å². The highest BCUT2D eigenvalue weighted by molar-refractivity contribution is 5.85. The number of amides is 1. The lowest BCUT2D eigenvalue weighted by atomic mass is 9.78. The highest BCUT2D eigenvalue weighted by atomic mass is 35.5. The van der Waals surface area contributed by atoms with Crippen LogP contribution in [0, 0.1) is 11.3 Å². The Hall–Kier alpha value is -1.22. The van der Waals surface area contributed by atoms with E-state index in [4.69, 9.17) is 5.73 Å². The second-order valence-corrected chi connectivity index (χ2v) is 7.00. The van der Waals surface area contributed by atoms with Crippen LogP contribution in [0.15, 0.2) is 24.3 Å². The zero-order valence-electron chi connectivity index (χ0n) is 13.7. The Labute approximate surface area is 140 Å². The molecule has 3 N–H and O–H groups in total. The maximum absolute atomic E-state index is 12.1. The predicted molar refractivity (Wildman–Crippen MR) is 95.2 cm³/mol. The molecule has 0 heterocycles. The minimum atomic E-state index is 0. The van der Waals surface area contributed by atoms with Gasteiger partial charge in [0.2, 0.25) is 5.91 Å². The van der Waals surface area contributed by atoms with Crippen molar-refractivity contribution in [2.45, 2.75) is 52.4 Å². The van der Waals surface area contributed by atoms with Crippen molar-refractivity contribution in [2.24, 2.45) is 11.3 Å². The van der Waals surface area contributed by atoms with Crippen LogP contribution in [0.5, 0.6) is 0 Å². The second kappa shape index (κ2) is 8.42. The number of carbonyl (C=O) groups is 1. The van der Waals surface area contributed by atoms with Gasteiger partial charge in [-0.3, -0.25) is 4.79 Å². The molecule has 0 radical (unpaired) electrons. The van der Waals surface area contributed by atoms with Crippen molar-refractivity contribution in [1.82, 2.24) is 5.32 Å². The van der Waals surface area contributed by atoms with Crippen LogP contribution in [-0.2, 0) is 11.2 Å². The molecule has 0 atom stereocenters. The van der Waals surface area contributed by atoms with E-state index in [1.807, 2.05) is 24.3 Å². The average Bonchev–Trinajstić information content (AvgIpc) is 2.87. The molecule has 2 rings (SSSR count). The van der Waals surface area contributed by atoms with E-state index in [9.17, 15) is 4.79 Å². The van der Waals surface area contributed by atoms with Crippen molar-refractivity contribution in [3.8, 4) is 0 Å². The van der Waals surface area contributed by atoms with Gasteiger partial charge in [-0.25, -0.2) is 0 Å². The number of halogens is 1. The molecule has 0 bridgehead atoms. The zero-order chi connectivity index (χ0) is 15.3. The first-order valence-corrected chi connectivity index (χ1v) is 8.10. The van der Waals surface area contributed by atoms with Crippen molar-refractivity contribution in [1.29, 1.82) is 0 Å². The molecule has 1 saturated carbocycles. The summed E-state index contributed by atoms with van der Waals surface area (Å²) in [7, 11) is 0. The van der Waals surface area contributed by atoms with Gasteiger partial charge in [0.05, 0.1) is 6.42 Å². The first kappa shape index (κ1) is 18.8. The van der Waals surface area contributed by atoms with Crippen LogP contribution < -0.4 is 11.1 Å². The van der Waals surface area contributed by atoms with Gasteiger partial charge in [0.25, 0.3) is 0 Å². The fourth-order valence-corrected chi connectivity index (χ4v) is 3.61. The second-order valence-electron chi connectivity index (χ2n) is 7.00. The Kier molecular flexibility index (Phi) is 7.21. The van der Waals surface area contributed by atoms with Crippen LogP contribution in [0.2, 0.25) is 0 Å². The Morgan fingerprint density at radius 1 is 1.23 bits per heavy atom. The van der Waals surface area contributed by atoms with E-state index >= 15 is 0 Å². The lowest BCUT2D eigenvalue weighted by Crippen LogP contribution is -2.37. The molecule has 1 aliphatic rings. The number of hydrogen-bond acceptors (Lipinski definition) is 2. The third-order valence-corrected chi connectivity index (χ3v) is 4.51. The van der Waals surface area contributed by atoms with E-state index < -0.39 is 0 Å². The lowest BCUT2D eigenvalue weighted by molar-refractivity contribution is -0.121. The van der Waals surface area contributed by atoms with Gasteiger partial charge >= 0.3 is 0 Å². The third kappa shape index (κ3) is 5.53. The number of rotatable bonds is 6. The van der Waals surface area contributed by atoms with Crippen LogP contribution in [-0.4, -0.2) is 12.5 Å². The minimum Gasteiger partial charge on any atom is -0.399 e. The maximum atomic E-state index is 12.1. The molecule has 0 saturated heterocycles. The Morgan fingerprint density at radius 3 is 2.36 bits per heavy atom. The van der Waals surface area contributed by atoms with E-state index in [-0.39, 0.29) is 18.3 Å². The molecular weight excluding hydrogens is 296 g/mol. The molecular formula is C18H29ClN2O. The summed E-state index contributed by atoms with van der Waals surface area (Å²) in [4.78, 5) is 12.1. The van der Waals surface area contributed by atoms with Crippen molar-refractivity contribution < 1.29 is 4.79 Å². The van der Waals surface area contributed by atoms with Crippen LogP contribution >= 0.6 is 12.4 Å². The topological polar surface area (TPSA) is 55.1 Å². The van der Waals surface area contributed by atoms with Gasteiger partial charge in [-0.2, -0.15) is 0 Å². The quantitative estimate of drug-likeness (QED) is 0.778. The summed E-state index contributed by atoms with van der Waals surface area (Å²) < 4.78 is 0. The number of nitrogen functional groups attached to an aromatic ring is 1. The summed E-state index contributed by atoms with van der Waals surface area (Å²) in [6.45, 7) is 5.38. The standard InChI is InChI=1S/C18H28N2O.ClH/c1-14(2)12-18(9-3-4-10-18)13-20-17(21)11-15-5-7-16(19)8-6-15;/h5-8,14H,3-4,9-13,19H2,1-2H3,(H,20,21);1H. The summed E-state index contributed by atoms with van der Waals surface area (Å²) >= 11 is 0. The molecule has 1 aliphatic carbocycles. The number of carbonyl (C=O) groups excluding carboxylic acids is 1. The first-order chi connectivity index (χ1) is 9.99. The van der Waals surface area contributed by atoms with Gasteiger partial charge < -0.3 is 11.1 Å². The lowest BCUT2D eigenvalue weighted by Gasteiger charge is -2.31. The number of hydrogen-bond donors (Lipinski definition) is 2. The van der Waals surface area contributed by atoms with Crippen LogP contribution in [0.4, 0.5) is 5.69 Å². The third-order valence-electron chi connectivity index (χ3n) is 4.51. The van der Waals surface area contributed by atoms with Crippen LogP contribution in [0.1, 0.15) is 51.5 Å². The number of nitrogens with one attached hydrogen (secondary N) is 1. The van der Waals surface area contributed by atoms with Gasteiger partial charge in [0.1, 0.15) is 0 Å². The minimum absolute atomic E-state index is 0. The van der Waals surface area contributed by atoms with Gasteiger partial charge in [-0.15, -0.1) is 12.4 Å². The highest BCUT2D eigenvalue weighted by Gasteiger charge is 2.34. The SMILES string of the molecule is CC(C)CC1(CNC(=O)Cc2ccc(N)cc2)CCCC1.Cl. The normalized spacial score (nSPS) is 16.3. The molecule has 0 unspecified atom stereocenters. The van der Waals surface area contributed by atoms with Crippen molar-refractivity contribution in [3.63, 3.8) is 0 Å². The smallest absolute Gasteiger partial charge is 0.224 e. The summed E-state index contributed by atoms with van der Waals surface area (Å²) in [6.07, 6.45) is 6.79. The highest BCUT2D eigenvalue weighted by Crippen LogP contribution is 2.42. The molecule has 0 aromatic heterocycles. The molecule has 124 valence electrons. The Morgan fingerprint density at radius 2 is 1.82 bits per heavy atom. The molecule has 22 heavy (non-hydrogen) atoms. The molecule has 1 fully saturated rings. The van der Waals surface area contributed by atoms with Crippen molar-refractivity contribution >= 4 is 24.0 Å². The van der Waals surface area contributed by atoms with Gasteiger partial charge in [0.15, 0.2) is 0 Å². The Balaban J connectivity index is 0.00000242. The van der Waals surface area contributed by atoms with E-state index in [0.29, 0.717) is 17.8 Å². The monoisotopic (exact) mass is 324 g/mol. The molecule has 1 aromatic rings. The van der Waals surface area contributed by atoms with E-state index in [2.05, 4.69) is 19.2 Å². The first-order valence-electron chi connectivity index (χ1n) is 8.10. The number of nitrogens with two attached hydrogens (primary N) is 1. The number of anilines is 1. The molecule has 1 aromatic carbocycles. The van der Waals surface area contributed by atoms with Crippen LogP contribution in [0.25, 0.3) is 0 Å². The molecule has 1 amide bonds. The van der Waals surface area contributed by atoms with E-state index in [0.717, 1.165) is 17.8 Å². The fourth-order valence-electron chi connectivity index (χ4n) is 3.61. The Bertz CT molecular complexity index is 464. The zero-order valence-corrected chi connectivity index (χ0v) is 14.5. The number of benzene rings is 1. The predicted octanol–water partition coefficient (Wildman–Crippen LogP) is 3.96. The summed E-state index contributed by atoms with van der Waals surface area (Å²) in [5.41, 5.74) is 7.76. The fraction of sp³-hybridized carbons (Fsp3) is 0.611. The van der Waals surface area contributed by atoms with E-state index in [1.54, 1.807) is 0 Å². The average molecular weight is 325 g/mol. The van der Waals surface area contributed by atoms with Gasteiger partial charge in [-0.1, -0.05) is 38.8 Å². The van der Waals surface area contributed by atoms with Crippen LogP contribution in [0.3, 0.4) is 0 Å². The van der Waals surface area contributed by atoms with Crippen molar-refractivity contribution in [2.75, 3.05) is 12.3 Å². The van der Waals surface area contributed by atoms with E-state index in [1.165, 1.54) is 32.1 Å². The molecule has 0 aliphatic heterocycles. The van der Waals surface area contributed by atoms with Crippen molar-refractivity contribution in [3.05, 3.63) is 29.8 Å². The molecule has 4 heteroatoms. The molecule has 0 spiro atoms. The maximum Gasteiger partial charge on any atom is 0.224 e.